The fourth-order valence-corrected chi connectivity index (χ4v) is 3.16. The van der Waals surface area contributed by atoms with Crippen LogP contribution in [-0.2, 0) is 4.79 Å². The van der Waals surface area contributed by atoms with Crippen molar-refractivity contribution in [3.8, 4) is 0 Å². The summed E-state index contributed by atoms with van der Waals surface area (Å²) in [4.78, 5) is 36.3. The molecule has 1 saturated heterocycles. The number of nitro benzene ring substituents is 1. The van der Waals surface area contributed by atoms with E-state index in [-0.39, 0.29) is 16.2 Å². The van der Waals surface area contributed by atoms with Crippen molar-refractivity contribution in [1.82, 2.24) is 0 Å². The van der Waals surface area contributed by atoms with E-state index in [4.69, 9.17) is 11.6 Å². The van der Waals surface area contributed by atoms with Gasteiger partial charge in [-0.2, -0.15) is 0 Å². The fourth-order valence-electron chi connectivity index (χ4n) is 2.20. The Hall–Kier alpha value is -2.64. The topological polar surface area (TPSA) is 80.5 Å². The maximum Gasteiger partial charge on any atom is 0.298 e. The van der Waals surface area contributed by atoms with E-state index in [0.717, 1.165) is 16.7 Å². The molecule has 0 aliphatic carbocycles. The molecule has 3 rings (SSSR count). The Kier molecular flexibility index (Phi) is 4.37. The van der Waals surface area contributed by atoms with Gasteiger partial charge in [0.2, 0.25) is 0 Å². The number of carbonyl (C=O) groups is 2. The second-order valence-electron chi connectivity index (χ2n) is 4.81. The smallest absolute Gasteiger partial charge is 0.268 e. The zero-order chi connectivity index (χ0) is 17.3. The van der Waals surface area contributed by atoms with Crippen molar-refractivity contribution in [2.45, 2.75) is 0 Å². The summed E-state index contributed by atoms with van der Waals surface area (Å²) < 4.78 is 0. The molecule has 2 aromatic rings. The number of hydrogen-bond acceptors (Lipinski definition) is 5. The van der Waals surface area contributed by atoms with Crippen LogP contribution in [0.3, 0.4) is 0 Å². The van der Waals surface area contributed by atoms with Gasteiger partial charge >= 0.3 is 0 Å². The predicted octanol–water partition coefficient (Wildman–Crippen LogP) is 4.49. The van der Waals surface area contributed by atoms with E-state index in [1.165, 1.54) is 24.3 Å². The highest BCUT2D eigenvalue weighted by atomic mass is 35.5. The molecule has 0 saturated carbocycles. The lowest BCUT2D eigenvalue weighted by molar-refractivity contribution is -0.385. The van der Waals surface area contributed by atoms with E-state index in [9.17, 15) is 19.7 Å². The van der Waals surface area contributed by atoms with E-state index in [2.05, 4.69) is 0 Å². The summed E-state index contributed by atoms with van der Waals surface area (Å²) in [7, 11) is 0. The van der Waals surface area contributed by atoms with Crippen LogP contribution >= 0.6 is 23.4 Å². The standard InChI is InChI=1S/C16H9ClN2O4S/c17-11-5-7-12(8-6-11)18-15(20)14(24-16(18)21)9-10-3-1-2-4-13(10)19(22)23/h1-9H/b14-9+. The Morgan fingerprint density at radius 1 is 1.08 bits per heavy atom. The first-order valence-electron chi connectivity index (χ1n) is 6.74. The molecule has 0 unspecified atom stereocenters. The van der Waals surface area contributed by atoms with Gasteiger partial charge in [0.05, 0.1) is 21.1 Å². The lowest BCUT2D eigenvalue weighted by Gasteiger charge is -2.12. The maximum absolute atomic E-state index is 12.5. The van der Waals surface area contributed by atoms with E-state index in [1.807, 2.05) is 0 Å². The van der Waals surface area contributed by atoms with Crippen LogP contribution in [0.1, 0.15) is 5.56 Å². The number of halogens is 1. The molecule has 0 spiro atoms. The minimum absolute atomic E-state index is 0.129. The lowest BCUT2D eigenvalue weighted by Crippen LogP contribution is -2.27. The number of hydrogen-bond donors (Lipinski definition) is 0. The van der Waals surface area contributed by atoms with Gasteiger partial charge in [-0.05, 0) is 48.2 Å². The largest absolute Gasteiger partial charge is 0.298 e. The third-order valence-corrected chi connectivity index (χ3v) is 4.42. The second-order valence-corrected chi connectivity index (χ2v) is 6.24. The molecule has 0 bridgehead atoms. The average Bonchev–Trinajstić information content (AvgIpc) is 2.83. The summed E-state index contributed by atoms with van der Waals surface area (Å²) in [5.41, 5.74) is 0.535. The minimum Gasteiger partial charge on any atom is -0.268 e. The Labute approximate surface area is 145 Å². The third-order valence-electron chi connectivity index (χ3n) is 3.30. The van der Waals surface area contributed by atoms with Crippen LogP contribution < -0.4 is 4.90 Å². The molecule has 2 amide bonds. The minimum atomic E-state index is -0.532. The van der Waals surface area contributed by atoms with Crippen LogP contribution in [0.15, 0.2) is 53.4 Å². The van der Waals surface area contributed by atoms with Crippen molar-refractivity contribution in [3.05, 3.63) is 74.1 Å². The third kappa shape index (κ3) is 3.04. The van der Waals surface area contributed by atoms with Crippen molar-refractivity contribution in [1.29, 1.82) is 0 Å². The quantitative estimate of drug-likeness (QED) is 0.457. The number of nitrogens with zero attached hydrogens (tertiary/aromatic N) is 2. The van der Waals surface area contributed by atoms with E-state index < -0.39 is 16.1 Å². The number of amides is 2. The highest BCUT2D eigenvalue weighted by Crippen LogP contribution is 2.37. The van der Waals surface area contributed by atoms with Crippen molar-refractivity contribution < 1.29 is 14.5 Å². The zero-order valence-corrected chi connectivity index (χ0v) is 13.6. The first-order chi connectivity index (χ1) is 11.5. The molecule has 1 aliphatic rings. The summed E-state index contributed by atoms with van der Waals surface area (Å²) >= 11 is 6.54. The number of rotatable bonds is 3. The summed E-state index contributed by atoms with van der Waals surface area (Å²) in [6, 6.07) is 12.3. The molecule has 1 aliphatic heterocycles. The molecule has 1 heterocycles. The maximum atomic E-state index is 12.5. The number of thioether (sulfide) groups is 1. The Bertz CT molecular complexity index is 880. The predicted molar refractivity (Wildman–Crippen MR) is 93.0 cm³/mol. The number of imide groups is 1. The molecule has 0 N–H and O–H groups in total. The van der Waals surface area contributed by atoms with Crippen molar-refractivity contribution in [2.24, 2.45) is 0 Å². The van der Waals surface area contributed by atoms with Crippen LogP contribution in [0.5, 0.6) is 0 Å². The molecule has 24 heavy (non-hydrogen) atoms. The van der Waals surface area contributed by atoms with Crippen molar-refractivity contribution >= 4 is 52.0 Å². The molecule has 0 radical (unpaired) electrons. The van der Waals surface area contributed by atoms with Gasteiger partial charge in [0.15, 0.2) is 0 Å². The molecule has 8 heteroatoms. The SMILES string of the molecule is O=C1S/C(=C/c2ccccc2[N+](=O)[O-])C(=O)N1c1ccc(Cl)cc1. The normalized spacial score (nSPS) is 16.0. The van der Waals surface area contributed by atoms with E-state index >= 15 is 0 Å². The highest BCUT2D eigenvalue weighted by molar-refractivity contribution is 8.19. The zero-order valence-electron chi connectivity index (χ0n) is 12.0. The van der Waals surface area contributed by atoms with Gasteiger partial charge in [0.1, 0.15) is 0 Å². The van der Waals surface area contributed by atoms with Crippen LogP contribution in [0.4, 0.5) is 16.2 Å². The summed E-state index contributed by atoms with van der Waals surface area (Å²) in [6.07, 6.45) is 1.36. The summed E-state index contributed by atoms with van der Waals surface area (Å²) in [6.45, 7) is 0. The molecule has 2 aromatic carbocycles. The summed E-state index contributed by atoms with van der Waals surface area (Å²) in [5, 5.41) is 11.1. The van der Waals surface area contributed by atoms with Gasteiger partial charge in [-0.3, -0.25) is 19.7 Å². The molecular weight excluding hydrogens is 352 g/mol. The highest BCUT2D eigenvalue weighted by Gasteiger charge is 2.36. The van der Waals surface area contributed by atoms with Crippen molar-refractivity contribution in [3.63, 3.8) is 0 Å². The molecule has 6 nitrogen and oxygen atoms in total. The van der Waals surface area contributed by atoms with Crippen LogP contribution in [0, 0.1) is 10.1 Å². The number of benzene rings is 2. The molecule has 0 atom stereocenters. The van der Waals surface area contributed by atoms with Gasteiger partial charge in [-0.15, -0.1) is 0 Å². The number of anilines is 1. The van der Waals surface area contributed by atoms with Gasteiger partial charge in [0.25, 0.3) is 16.8 Å². The van der Waals surface area contributed by atoms with Gasteiger partial charge in [0, 0.05) is 11.1 Å². The number of para-hydroxylation sites is 1. The van der Waals surface area contributed by atoms with E-state index in [1.54, 1.807) is 30.3 Å². The first kappa shape index (κ1) is 16.2. The van der Waals surface area contributed by atoms with E-state index in [0.29, 0.717) is 10.7 Å². The summed E-state index contributed by atoms with van der Waals surface area (Å²) in [5.74, 6) is -0.523. The number of nitro groups is 1. The molecule has 0 aromatic heterocycles. The monoisotopic (exact) mass is 360 g/mol. The molecule has 1 fully saturated rings. The average molecular weight is 361 g/mol. The fraction of sp³-hybridized carbons (Fsp3) is 0. The number of carbonyl (C=O) groups excluding carboxylic acids is 2. The Morgan fingerprint density at radius 2 is 1.75 bits per heavy atom. The first-order valence-corrected chi connectivity index (χ1v) is 7.94. The van der Waals surface area contributed by atoms with Crippen LogP contribution in [-0.4, -0.2) is 16.1 Å². The van der Waals surface area contributed by atoms with Crippen LogP contribution in [0.2, 0.25) is 5.02 Å². The molecular formula is C16H9ClN2O4S. The van der Waals surface area contributed by atoms with Crippen LogP contribution in [0.25, 0.3) is 6.08 Å². The lowest BCUT2D eigenvalue weighted by atomic mass is 10.1. The Morgan fingerprint density at radius 3 is 2.42 bits per heavy atom. The van der Waals surface area contributed by atoms with Gasteiger partial charge < -0.3 is 0 Å². The second kappa shape index (κ2) is 6.46. The van der Waals surface area contributed by atoms with Gasteiger partial charge in [-0.1, -0.05) is 23.7 Å². The van der Waals surface area contributed by atoms with Gasteiger partial charge in [-0.25, -0.2) is 4.90 Å². The Balaban J connectivity index is 1.97. The molecule has 120 valence electrons. The van der Waals surface area contributed by atoms with Crippen molar-refractivity contribution in [2.75, 3.05) is 4.90 Å².